The van der Waals surface area contributed by atoms with Gasteiger partial charge in [0, 0.05) is 6.42 Å². The summed E-state index contributed by atoms with van der Waals surface area (Å²) in [6.07, 6.45) is -0.481. The lowest BCUT2D eigenvalue weighted by Gasteiger charge is -2.00. The van der Waals surface area contributed by atoms with E-state index in [4.69, 9.17) is 5.11 Å². The van der Waals surface area contributed by atoms with Gasteiger partial charge in [0.15, 0.2) is 6.29 Å². The quantitative estimate of drug-likeness (QED) is 0.651. The van der Waals surface area contributed by atoms with Gasteiger partial charge in [-0.05, 0) is 12.0 Å². The number of rotatable bonds is 3. The van der Waals surface area contributed by atoms with Crippen LogP contribution in [-0.2, 0) is 11.5 Å². The molecule has 0 heterocycles. The highest BCUT2D eigenvalue weighted by molar-refractivity contribution is 5.14. The summed E-state index contributed by atoms with van der Waals surface area (Å²) in [7, 11) is 0. The van der Waals surface area contributed by atoms with E-state index < -0.39 is 6.29 Å². The molecule has 0 spiro atoms. The van der Waals surface area contributed by atoms with Crippen LogP contribution in [0.4, 0.5) is 0 Å². The summed E-state index contributed by atoms with van der Waals surface area (Å²) < 4.78 is 0. The molecule has 59 valence electrons. The molecule has 1 radical (unpaired) electrons. The molecule has 1 rings (SSSR count). The van der Waals surface area contributed by atoms with Gasteiger partial charge >= 0.3 is 0 Å². The van der Waals surface area contributed by atoms with Gasteiger partial charge in [0.1, 0.15) is 0 Å². The van der Waals surface area contributed by atoms with E-state index in [0.29, 0.717) is 12.8 Å². The SMILES string of the molecule is [O]C(O)CCc1ccccc1. The molecule has 0 fully saturated rings. The third kappa shape index (κ3) is 3.16. The highest BCUT2D eigenvalue weighted by atomic mass is 16.5. The number of aryl methyl sites for hydroxylation is 1. The molecule has 0 saturated heterocycles. The first-order chi connectivity index (χ1) is 5.29. The summed E-state index contributed by atoms with van der Waals surface area (Å²) in [5, 5.41) is 18.7. The van der Waals surface area contributed by atoms with Crippen LogP contribution in [0.25, 0.3) is 0 Å². The fourth-order valence-corrected chi connectivity index (χ4v) is 0.935. The van der Waals surface area contributed by atoms with Crippen molar-refractivity contribution in [2.24, 2.45) is 0 Å². The largest absolute Gasteiger partial charge is 0.366 e. The molecule has 1 aromatic rings. The van der Waals surface area contributed by atoms with E-state index in [9.17, 15) is 5.11 Å². The summed E-state index contributed by atoms with van der Waals surface area (Å²) in [6.45, 7) is 0. The minimum atomic E-state index is -1.43. The van der Waals surface area contributed by atoms with Crippen LogP contribution in [0.1, 0.15) is 12.0 Å². The first-order valence-electron chi connectivity index (χ1n) is 3.67. The predicted molar refractivity (Wildman–Crippen MR) is 41.5 cm³/mol. The molecule has 1 unspecified atom stereocenters. The number of hydrogen-bond donors (Lipinski definition) is 1. The molecular weight excluding hydrogens is 140 g/mol. The standard InChI is InChI=1S/C9H11O2/c10-9(11)7-6-8-4-2-1-3-5-8/h1-5,9-10H,6-7H2. The van der Waals surface area contributed by atoms with Crippen molar-refractivity contribution in [3.05, 3.63) is 35.9 Å². The summed E-state index contributed by atoms with van der Waals surface area (Å²) >= 11 is 0. The Balaban J connectivity index is 2.39. The number of aliphatic hydroxyl groups is 1. The second kappa shape index (κ2) is 4.11. The topological polar surface area (TPSA) is 40.1 Å². The van der Waals surface area contributed by atoms with Crippen molar-refractivity contribution in [2.45, 2.75) is 19.1 Å². The molecule has 0 aromatic heterocycles. The number of benzene rings is 1. The van der Waals surface area contributed by atoms with Gasteiger partial charge in [0.25, 0.3) is 0 Å². The van der Waals surface area contributed by atoms with E-state index in [0.717, 1.165) is 5.56 Å². The average Bonchev–Trinajstić information content (AvgIpc) is 2.03. The van der Waals surface area contributed by atoms with Gasteiger partial charge in [-0.3, -0.25) is 0 Å². The summed E-state index contributed by atoms with van der Waals surface area (Å²) in [5.74, 6) is 0. The van der Waals surface area contributed by atoms with Crippen LogP contribution in [0.2, 0.25) is 0 Å². The van der Waals surface area contributed by atoms with Crippen molar-refractivity contribution in [3.8, 4) is 0 Å². The van der Waals surface area contributed by atoms with Crippen molar-refractivity contribution < 1.29 is 10.2 Å². The van der Waals surface area contributed by atoms with E-state index in [1.54, 1.807) is 0 Å². The zero-order valence-corrected chi connectivity index (χ0v) is 6.23. The summed E-state index contributed by atoms with van der Waals surface area (Å²) in [6, 6.07) is 9.67. The van der Waals surface area contributed by atoms with Gasteiger partial charge in [-0.15, -0.1) is 0 Å². The summed E-state index contributed by atoms with van der Waals surface area (Å²) in [5.41, 5.74) is 1.10. The zero-order chi connectivity index (χ0) is 8.10. The Kier molecular flexibility index (Phi) is 3.08. The third-order valence-electron chi connectivity index (χ3n) is 1.52. The first kappa shape index (κ1) is 8.24. The summed E-state index contributed by atoms with van der Waals surface area (Å²) in [4.78, 5) is 0. The van der Waals surface area contributed by atoms with Crippen molar-refractivity contribution in [1.82, 2.24) is 0 Å². The Hall–Kier alpha value is -0.860. The lowest BCUT2D eigenvalue weighted by molar-refractivity contribution is -0.0952. The van der Waals surface area contributed by atoms with E-state index in [1.807, 2.05) is 30.3 Å². The molecule has 0 aliphatic rings. The van der Waals surface area contributed by atoms with Crippen LogP contribution < -0.4 is 0 Å². The number of hydrogen-bond acceptors (Lipinski definition) is 1. The lowest BCUT2D eigenvalue weighted by atomic mass is 10.1. The van der Waals surface area contributed by atoms with Gasteiger partial charge < -0.3 is 5.11 Å². The molecule has 11 heavy (non-hydrogen) atoms. The zero-order valence-electron chi connectivity index (χ0n) is 6.23. The van der Waals surface area contributed by atoms with E-state index in [-0.39, 0.29) is 0 Å². The molecular formula is C9H11O2. The Labute approximate surface area is 66.1 Å². The Morgan fingerprint density at radius 1 is 1.27 bits per heavy atom. The van der Waals surface area contributed by atoms with Crippen molar-refractivity contribution in [2.75, 3.05) is 0 Å². The Morgan fingerprint density at radius 2 is 1.91 bits per heavy atom. The molecule has 0 saturated carbocycles. The van der Waals surface area contributed by atoms with Gasteiger partial charge in [-0.2, -0.15) is 0 Å². The second-order valence-electron chi connectivity index (χ2n) is 2.48. The smallest absolute Gasteiger partial charge is 0.189 e. The number of aliphatic hydroxyl groups excluding tert-OH is 1. The van der Waals surface area contributed by atoms with Gasteiger partial charge in [-0.25, -0.2) is 5.11 Å². The van der Waals surface area contributed by atoms with Crippen molar-refractivity contribution in [3.63, 3.8) is 0 Å². The monoisotopic (exact) mass is 151 g/mol. The molecule has 0 aliphatic carbocycles. The molecule has 1 N–H and O–H groups in total. The fourth-order valence-electron chi connectivity index (χ4n) is 0.935. The van der Waals surface area contributed by atoms with Gasteiger partial charge in [0.2, 0.25) is 0 Å². The molecule has 0 amide bonds. The maximum Gasteiger partial charge on any atom is 0.189 e. The predicted octanol–water partition coefficient (Wildman–Crippen LogP) is 1.37. The maximum absolute atomic E-state index is 10.3. The minimum Gasteiger partial charge on any atom is -0.366 e. The van der Waals surface area contributed by atoms with Crippen LogP contribution in [0, 0.1) is 0 Å². The van der Waals surface area contributed by atoms with Crippen molar-refractivity contribution in [1.29, 1.82) is 0 Å². The first-order valence-corrected chi connectivity index (χ1v) is 3.67. The normalized spacial score (nSPS) is 10.5. The average molecular weight is 151 g/mol. The molecule has 2 heteroatoms. The highest BCUT2D eigenvalue weighted by Gasteiger charge is 1.98. The molecule has 1 atom stereocenters. The van der Waals surface area contributed by atoms with Crippen molar-refractivity contribution >= 4 is 0 Å². The van der Waals surface area contributed by atoms with Crippen LogP contribution in [0.5, 0.6) is 0 Å². The van der Waals surface area contributed by atoms with E-state index >= 15 is 0 Å². The minimum absolute atomic E-state index is 0.296. The second-order valence-corrected chi connectivity index (χ2v) is 2.48. The molecule has 1 aromatic carbocycles. The lowest BCUT2D eigenvalue weighted by Crippen LogP contribution is -2.03. The van der Waals surface area contributed by atoms with Crippen LogP contribution >= 0.6 is 0 Å². The third-order valence-corrected chi connectivity index (χ3v) is 1.52. The van der Waals surface area contributed by atoms with E-state index in [1.165, 1.54) is 0 Å². The fraction of sp³-hybridized carbons (Fsp3) is 0.333. The van der Waals surface area contributed by atoms with E-state index in [2.05, 4.69) is 0 Å². The molecule has 0 bridgehead atoms. The highest BCUT2D eigenvalue weighted by Crippen LogP contribution is 2.03. The van der Waals surface area contributed by atoms with Crippen LogP contribution in [0.15, 0.2) is 30.3 Å². The van der Waals surface area contributed by atoms with Crippen LogP contribution in [-0.4, -0.2) is 11.4 Å². The Morgan fingerprint density at radius 3 is 2.45 bits per heavy atom. The van der Waals surface area contributed by atoms with Gasteiger partial charge in [0.05, 0.1) is 0 Å². The molecule has 0 aliphatic heterocycles. The maximum atomic E-state index is 10.3. The van der Waals surface area contributed by atoms with Gasteiger partial charge in [-0.1, -0.05) is 30.3 Å². The van der Waals surface area contributed by atoms with Crippen LogP contribution in [0.3, 0.4) is 0 Å². The Bertz CT molecular complexity index is 194. The molecule has 2 nitrogen and oxygen atoms in total.